The van der Waals surface area contributed by atoms with E-state index >= 15 is 0 Å². The standard InChI is InChI=1S/C31H33FO4/c1-6-7-12-28(36-31(34)23(4)5)13-8-11-26-18-19-27(21-29(26)32)25-16-14-24(15-17-25)10-9-20-35-30(33)22(2)3/h6,8,12-19,21H,1-2,4,7,9-11,20H2,3,5H3. The molecule has 0 saturated carbocycles. The lowest BCUT2D eigenvalue weighted by Crippen LogP contribution is -2.06. The molecule has 0 bridgehead atoms. The number of rotatable bonds is 13. The van der Waals surface area contributed by atoms with E-state index in [9.17, 15) is 14.0 Å². The van der Waals surface area contributed by atoms with Gasteiger partial charge in [0.2, 0.25) is 0 Å². The summed E-state index contributed by atoms with van der Waals surface area (Å²) < 4.78 is 25.2. The fourth-order valence-electron chi connectivity index (χ4n) is 3.16. The Morgan fingerprint density at radius 3 is 2.25 bits per heavy atom. The van der Waals surface area contributed by atoms with E-state index in [1.54, 1.807) is 44.2 Å². The average Bonchev–Trinajstić information content (AvgIpc) is 2.85. The van der Waals surface area contributed by atoms with Crippen LogP contribution >= 0.6 is 0 Å². The number of ether oxygens (including phenoxy) is 2. The first-order chi connectivity index (χ1) is 17.2. The van der Waals surface area contributed by atoms with Gasteiger partial charge in [-0.25, -0.2) is 14.0 Å². The van der Waals surface area contributed by atoms with E-state index in [-0.39, 0.29) is 11.8 Å². The van der Waals surface area contributed by atoms with Gasteiger partial charge in [-0.3, -0.25) is 0 Å². The van der Waals surface area contributed by atoms with E-state index in [1.807, 2.05) is 30.3 Å². The third-order valence-corrected chi connectivity index (χ3v) is 5.20. The van der Waals surface area contributed by atoms with Crippen LogP contribution < -0.4 is 0 Å². The monoisotopic (exact) mass is 488 g/mol. The average molecular weight is 489 g/mol. The molecule has 0 heterocycles. The number of hydrogen-bond donors (Lipinski definition) is 0. The molecule has 0 fully saturated rings. The Morgan fingerprint density at radius 2 is 1.64 bits per heavy atom. The summed E-state index contributed by atoms with van der Waals surface area (Å²) in [6, 6.07) is 13.1. The first-order valence-corrected chi connectivity index (χ1v) is 11.8. The topological polar surface area (TPSA) is 52.6 Å². The Kier molecular flexibility index (Phi) is 11.3. The highest BCUT2D eigenvalue weighted by Gasteiger charge is 2.08. The van der Waals surface area contributed by atoms with Crippen molar-refractivity contribution < 1.29 is 23.5 Å². The highest BCUT2D eigenvalue weighted by atomic mass is 19.1. The molecule has 0 radical (unpaired) electrons. The van der Waals surface area contributed by atoms with Crippen LogP contribution in [0.1, 0.15) is 37.8 Å². The first kappa shape index (κ1) is 28.2. The fourth-order valence-corrected chi connectivity index (χ4v) is 3.16. The molecule has 2 aromatic carbocycles. The van der Waals surface area contributed by atoms with Crippen molar-refractivity contribution in [3.05, 3.63) is 120 Å². The zero-order valence-electron chi connectivity index (χ0n) is 21.0. The summed E-state index contributed by atoms with van der Waals surface area (Å²) in [5.74, 6) is -0.824. The number of hydrogen-bond acceptors (Lipinski definition) is 4. The number of carbonyl (C=O) groups is 2. The number of carbonyl (C=O) groups excluding carboxylic acids is 2. The molecule has 0 aliphatic carbocycles. The maximum Gasteiger partial charge on any atom is 0.338 e. The molecule has 0 aliphatic heterocycles. The number of halogens is 1. The van der Waals surface area contributed by atoms with Gasteiger partial charge in [-0.2, -0.15) is 0 Å². The van der Waals surface area contributed by atoms with E-state index in [1.165, 1.54) is 6.07 Å². The number of aryl methyl sites for hydroxylation is 1. The van der Waals surface area contributed by atoms with Gasteiger partial charge in [0.1, 0.15) is 11.6 Å². The van der Waals surface area contributed by atoms with E-state index in [0.29, 0.717) is 48.3 Å². The zero-order chi connectivity index (χ0) is 26.5. The van der Waals surface area contributed by atoms with E-state index in [0.717, 1.165) is 23.1 Å². The van der Waals surface area contributed by atoms with Gasteiger partial charge in [0.15, 0.2) is 0 Å². The predicted octanol–water partition coefficient (Wildman–Crippen LogP) is 7.22. The predicted molar refractivity (Wildman–Crippen MR) is 143 cm³/mol. The molecule has 0 amide bonds. The fraction of sp³-hybridized carbons (Fsp3) is 0.226. The van der Waals surface area contributed by atoms with Gasteiger partial charge in [0, 0.05) is 11.1 Å². The number of benzene rings is 2. The van der Waals surface area contributed by atoms with Crippen LogP contribution in [0, 0.1) is 5.82 Å². The summed E-state index contributed by atoms with van der Waals surface area (Å²) >= 11 is 0. The molecule has 0 aliphatic rings. The van der Waals surface area contributed by atoms with Gasteiger partial charge in [-0.05, 0) is 80.0 Å². The minimum Gasteiger partial charge on any atom is -0.462 e. The van der Waals surface area contributed by atoms with Gasteiger partial charge in [-0.15, -0.1) is 6.58 Å². The third kappa shape index (κ3) is 9.34. The summed E-state index contributed by atoms with van der Waals surface area (Å²) in [4.78, 5) is 23.2. The van der Waals surface area contributed by atoms with Gasteiger partial charge < -0.3 is 9.47 Å². The Morgan fingerprint density at radius 1 is 0.972 bits per heavy atom. The molecule has 36 heavy (non-hydrogen) atoms. The zero-order valence-corrected chi connectivity index (χ0v) is 21.0. The molecule has 0 N–H and O–H groups in total. The van der Waals surface area contributed by atoms with Crippen molar-refractivity contribution in [2.75, 3.05) is 6.61 Å². The van der Waals surface area contributed by atoms with Crippen molar-refractivity contribution in [1.82, 2.24) is 0 Å². The maximum absolute atomic E-state index is 14.8. The maximum atomic E-state index is 14.8. The Balaban J connectivity index is 1.98. The van der Waals surface area contributed by atoms with Gasteiger partial charge in [0.05, 0.1) is 6.61 Å². The summed E-state index contributed by atoms with van der Waals surface area (Å²) in [6.07, 6.45) is 9.18. The van der Waals surface area contributed by atoms with Crippen LogP contribution in [0.15, 0.2) is 103 Å². The van der Waals surface area contributed by atoms with Crippen molar-refractivity contribution in [3.8, 4) is 11.1 Å². The molecule has 5 heteroatoms. The van der Waals surface area contributed by atoms with Crippen LogP contribution in [-0.2, 0) is 31.9 Å². The third-order valence-electron chi connectivity index (χ3n) is 5.20. The Bertz CT molecular complexity index is 1170. The smallest absolute Gasteiger partial charge is 0.338 e. The van der Waals surface area contributed by atoms with Gasteiger partial charge >= 0.3 is 11.9 Å². The van der Waals surface area contributed by atoms with Crippen molar-refractivity contribution in [2.24, 2.45) is 0 Å². The van der Waals surface area contributed by atoms with Crippen LogP contribution in [-0.4, -0.2) is 18.5 Å². The van der Waals surface area contributed by atoms with Crippen molar-refractivity contribution in [3.63, 3.8) is 0 Å². The minimum absolute atomic E-state index is 0.298. The molecule has 4 nitrogen and oxygen atoms in total. The van der Waals surface area contributed by atoms with Gasteiger partial charge in [-0.1, -0.05) is 61.7 Å². The molecule has 2 aromatic rings. The van der Waals surface area contributed by atoms with Crippen LogP contribution in [0.5, 0.6) is 0 Å². The number of allylic oxidation sites excluding steroid dienone is 4. The molecule has 188 valence electrons. The molecule has 0 spiro atoms. The minimum atomic E-state index is -0.511. The molecule has 2 rings (SSSR count). The van der Waals surface area contributed by atoms with Crippen LogP contribution in [0.4, 0.5) is 4.39 Å². The molecule has 0 aromatic heterocycles. The lowest BCUT2D eigenvalue weighted by atomic mass is 10.00. The molecule has 0 saturated heterocycles. The summed E-state index contributed by atoms with van der Waals surface area (Å²) in [7, 11) is 0. The second kappa shape index (κ2) is 14.4. The van der Waals surface area contributed by atoms with Crippen LogP contribution in [0.3, 0.4) is 0 Å². The highest BCUT2D eigenvalue weighted by molar-refractivity contribution is 5.88. The highest BCUT2D eigenvalue weighted by Crippen LogP contribution is 2.23. The second-order valence-electron chi connectivity index (χ2n) is 8.43. The molecular formula is C31H33FO4. The Hall–Kier alpha value is -3.99. The lowest BCUT2D eigenvalue weighted by Gasteiger charge is -2.08. The summed E-state index contributed by atoms with van der Waals surface area (Å²) in [5.41, 5.74) is 4.03. The first-order valence-electron chi connectivity index (χ1n) is 11.8. The van der Waals surface area contributed by atoms with E-state index in [2.05, 4.69) is 19.7 Å². The summed E-state index contributed by atoms with van der Waals surface area (Å²) in [5, 5.41) is 0. The van der Waals surface area contributed by atoms with Crippen molar-refractivity contribution in [2.45, 2.75) is 39.5 Å². The van der Waals surface area contributed by atoms with E-state index in [4.69, 9.17) is 9.47 Å². The van der Waals surface area contributed by atoms with Crippen molar-refractivity contribution >= 4 is 11.9 Å². The van der Waals surface area contributed by atoms with Crippen molar-refractivity contribution in [1.29, 1.82) is 0 Å². The van der Waals surface area contributed by atoms with E-state index < -0.39 is 5.97 Å². The van der Waals surface area contributed by atoms with Crippen LogP contribution in [0.2, 0.25) is 0 Å². The molecular weight excluding hydrogens is 455 g/mol. The second-order valence-corrected chi connectivity index (χ2v) is 8.43. The quantitative estimate of drug-likeness (QED) is 0.0746. The SMILES string of the molecule is C=CCC=C(C=CCc1ccc(-c2ccc(CCCOC(=O)C(=C)C)cc2)cc1F)OC(=O)C(=C)C. The van der Waals surface area contributed by atoms with Gasteiger partial charge in [0.25, 0.3) is 0 Å². The molecule has 0 atom stereocenters. The normalized spacial score (nSPS) is 11.2. The Labute approximate surface area is 213 Å². The lowest BCUT2D eigenvalue weighted by molar-refractivity contribution is -0.139. The largest absolute Gasteiger partial charge is 0.462 e. The van der Waals surface area contributed by atoms with Crippen LogP contribution in [0.25, 0.3) is 11.1 Å². The number of esters is 2. The summed E-state index contributed by atoms with van der Waals surface area (Å²) in [6.45, 7) is 14.3. The molecule has 0 unspecified atom stereocenters.